The summed E-state index contributed by atoms with van der Waals surface area (Å²) in [6.45, 7) is 7.83. The van der Waals surface area contributed by atoms with Crippen molar-refractivity contribution in [2.45, 2.75) is 20.4 Å². The third-order valence-corrected chi connectivity index (χ3v) is 4.23. The molecule has 25 heavy (non-hydrogen) atoms. The van der Waals surface area contributed by atoms with Crippen molar-refractivity contribution in [3.05, 3.63) is 30.7 Å². The Morgan fingerprint density at radius 3 is 2.76 bits per heavy atom. The van der Waals surface area contributed by atoms with Crippen LogP contribution < -0.4 is 9.64 Å². The molecule has 3 heterocycles. The highest BCUT2D eigenvalue weighted by atomic mass is 16.5. The van der Waals surface area contributed by atoms with Crippen molar-refractivity contribution in [2.75, 3.05) is 37.7 Å². The van der Waals surface area contributed by atoms with E-state index in [4.69, 9.17) is 4.74 Å². The lowest BCUT2D eigenvalue weighted by molar-refractivity contribution is -0.135. The molecule has 2 aromatic heterocycles. The summed E-state index contributed by atoms with van der Waals surface area (Å²) in [5.41, 5.74) is 0. The number of hydrogen-bond donors (Lipinski definition) is 0. The quantitative estimate of drug-likeness (QED) is 0.780. The zero-order chi connectivity index (χ0) is 17.6. The normalized spacial score (nSPS) is 15.9. The van der Waals surface area contributed by atoms with Gasteiger partial charge in [0.15, 0.2) is 0 Å². The number of anilines is 1. The number of nitrogens with zero attached hydrogens (tertiary/aromatic N) is 6. The molecule has 0 unspecified atom stereocenters. The van der Waals surface area contributed by atoms with Crippen LogP contribution in [0.25, 0.3) is 0 Å². The average Bonchev–Trinajstić information content (AvgIpc) is 3.15. The van der Waals surface area contributed by atoms with Crippen LogP contribution in [0.4, 0.5) is 5.95 Å². The monoisotopic (exact) mass is 344 g/mol. The van der Waals surface area contributed by atoms with Crippen LogP contribution in [0.5, 0.6) is 5.88 Å². The summed E-state index contributed by atoms with van der Waals surface area (Å²) >= 11 is 0. The predicted octanol–water partition coefficient (Wildman–Crippen LogP) is 1.06. The van der Waals surface area contributed by atoms with Gasteiger partial charge >= 0.3 is 0 Å². The van der Waals surface area contributed by atoms with Gasteiger partial charge in [-0.2, -0.15) is 10.1 Å². The first-order valence-corrected chi connectivity index (χ1v) is 8.64. The van der Waals surface area contributed by atoms with Gasteiger partial charge in [0.2, 0.25) is 17.7 Å². The number of rotatable bonds is 6. The average molecular weight is 344 g/mol. The van der Waals surface area contributed by atoms with Gasteiger partial charge in [-0.3, -0.25) is 9.48 Å². The van der Waals surface area contributed by atoms with Crippen LogP contribution in [-0.4, -0.2) is 63.3 Å². The third kappa shape index (κ3) is 4.26. The summed E-state index contributed by atoms with van der Waals surface area (Å²) in [6, 6.07) is 3.62. The van der Waals surface area contributed by atoms with Crippen LogP contribution in [0.15, 0.2) is 30.7 Å². The van der Waals surface area contributed by atoms with Crippen molar-refractivity contribution in [3.63, 3.8) is 0 Å². The molecular formula is C17H24N6O2. The molecule has 0 aromatic carbocycles. The zero-order valence-electron chi connectivity index (χ0n) is 14.7. The lowest BCUT2D eigenvalue weighted by Gasteiger charge is -2.36. The molecule has 0 radical (unpaired) electrons. The molecule has 0 bridgehead atoms. The Bertz CT molecular complexity index is 682. The summed E-state index contributed by atoms with van der Waals surface area (Å²) in [5.74, 6) is 1.31. The van der Waals surface area contributed by atoms with Gasteiger partial charge in [0.05, 0.1) is 19.1 Å². The number of amides is 1. The molecule has 1 saturated heterocycles. The molecule has 0 saturated carbocycles. The van der Waals surface area contributed by atoms with E-state index in [1.807, 2.05) is 31.0 Å². The van der Waals surface area contributed by atoms with Gasteiger partial charge in [0, 0.05) is 50.8 Å². The largest absolute Gasteiger partial charge is 0.478 e. The fourth-order valence-corrected chi connectivity index (χ4v) is 2.92. The Morgan fingerprint density at radius 1 is 1.28 bits per heavy atom. The van der Waals surface area contributed by atoms with Crippen molar-refractivity contribution in [1.29, 1.82) is 0 Å². The molecule has 1 atom stereocenters. The van der Waals surface area contributed by atoms with Crippen molar-refractivity contribution in [1.82, 2.24) is 24.6 Å². The minimum absolute atomic E-state index is 0.0935. The summed E-state index contributed by atoms with van der Waals surface area (Å²) in [6.07, 6.45) is 5.31. The molecule has 0 N–H and O–H groups in total. The van der Waals surface area contributed by atoms with E-state index in [9.17, 15) is 4.79 Å². The molecule has 3 rings (SSSR count). The van der Waals surface area contributed by atoms with Crippen molar-refractivity contribution >= 4 is 11.9 Å². The molecule has 1 aliphatic heterocycles. The smallest absolute Gasteiger partial charge is 0.228 e. The summed E-state index contributed by atoms with van der Waals surface area (Å²) < 4.78 is 7.23. The Labute approximate surface area is 147 Å². The standard InChI is InChI=1S/C17H24N6O2/c1-3-25-15-5-7-18-17(20-15)22-11-9-21(10-12-22)16(24)14(2)13-23-8-4-6-19-23/h4-8,14H,3,9-13H2,1-2H3/t14-/m1/s1. The molecule has 8 nitrogen and oxygen atoms in total. The number of aromatic nitrogens is 4. The Hall–Kier alpha value is -2.64. The molecule has 0 aliphatic carbocycles. The molecule has 134 valence electrons. The first kappa shape index (κ1) is 17.2. The minimum atomic E-state index is -0.0935. The van der Waals surface area contributed by atoms with Crippen LogP contribution in [0, 0.1) is 5.92 Å². The van der Waals surface area contributed by atoms with Crippen LogP contribution in [-0.2, 0) is 11.3 Å². The SMILES string of the molecule is CCOc1ccnc(N2CCN(C(=O)[C@H](C)Cn3cccn3)CC2)n1. The fourth-order valence-electron chi connectivity index (χ4n) is 2.92. The van der Waals surface area contributed by atoms with E-state index in [0.29, 0.717) is 38.1 Å². The number of carbonyl (C=O) groups is 1. The summed E-state index contributed by atoms with van der Waals surface area (Å²) in [7, 11) is 0. The van der Waals surface area contributed by atoms with Gasteiger partial charge in [-0.05, 0) is 13.0 Å². The van der Waals surface area contributed by atoms with Gasteiger partial charge < -0.3 is 14.5 Å². The van der Waals surface area contributed by atoms with Crippen LogP contribution >= 0.6 is 0 Å². The number of piperazine rings is 1. The highest BCUT2D eigenvalue weighted by Crippen LogP contribution is 2.16. The lowest BCUT2D eigenvalue weighted by atomic mass is 10.1. The number of carbonyl (C=O) groups excluding carboxylic acids is 1. The van der Waals surface area contributed by atoms with E-state index in [1.165, 1.54) is 0 Å². The second-order valence-electron chi connectivity index (χ2n) is 6.07. The maximum Gasteiger partial charge on any atom is 0.228 e. The maximum atomic E-state index is 12.6. The summed E-state index contributed by atoms with van der Waals surface area (Å²) in [5, 5.41) is 4.17. The first-order chi connectivity index (χ1) is 12.2. The second kappa shape index (κ2) is 7.96. The van der Waals surface area contributed by atoms with Gasteiger partial charge in [-0.15, -0.1) is 0 Å². The van der Waals surface area contributed by atoms with E-state index >= 15 is 0 Å². The first-order valence-electron chi connectivity index (χ1n) is 8.64. The Kier molecular flexibility index (Phi) is 5.47. The molecule has 2 aromatic rings. The predicted molar refractivity (Wildman–Crippen MR) is 93.4 cm³/mol. The highest BCUT2D eigenvalue weighted by Gasteiger charge is 2.26. The van der Waals surface area contributed by atoms with Crippen molar-refractivity contribution in [3.8, 4) is 5.88 Å². The second-order valence-corrected chi connectivity index (χ2v) is 6.07. The number of ether oxygens (including phenoxy) is 1. The van der Waals surface area contributed by atoms with E-state index in [-0.39, 0.29) is 11.8 Å². The molecule has 8 heteroatoms. The molecule has 0 spiro atoms. The Balaban J connectivity index is 1.54. The lowest BCUT2D eigenvalue weighted by Crippen LogP contribution is -2.51. The van der Waals surface area contributed by atoms with Crippen molar-refractivity contribution in [2.24, 2.45) is 5.92 Å². The highest BCUT2D eigenvalue weighted by molar-refractivity contribution is 5.78. The summed E-state index contributed by atoms with van der Waals surface area (Å²) in [4.78, 5) is 25.4. The zero-order valence-corrected chi connectivity index (χ0v) is 14.7. The van der Waals surface area contributed by atoms with Gasteiger partial charge in [-0.25, -0.2) is 4.98 Å². The van der Waals surface area contributed by atoms with E-state index in [0.717, 1.165) is 13.1 Å². The topological polar surface area (TPSA) is 76.4 Å². The van der Waals surface area contributed by atoms with Gasteiger partial charge in [0.25, 0.3) is 0 Å². The molecule has 1 amide bonds. The number of hydrogen-bond acceptors (Lipinski definition) is 6. The van der Waals surface area contributed by atoms with E-state index in [2.05, 4.69) is 20.0 Å². The van der Waals surface area contributed by atoms with Crippen molar-refractivity contribution < 1.29 is 9.53 Å². The van der Waals surface area contributed by atoms with E-state index < -0.39 is 0 Å². The van der Waals surface area contributed by atoms with Crippen LogP contribution in [0.2, 0.25) is 0 Å². The molecular weight excluding hydrogens is 320 g/mol. The van der Waals surface area contributed by atoms with Crippen LogP contribution in [0.1, 0.15) is 13.8 Å². The van der Waals surface area contributed by atoms with E-state index in [1.54, 1.807) is 23.1 Å². The van der Waals surface area contributed by atoms with Gasteiger partial charge in [0.1, 0.15) is 0 Å². The maximum absolute atomic E-state index is 12.6. The molecule has 1 fully saturated rings. The van der Waals surface area contributed by atoms with Gasteiger partial charge in [-0.1, -0.05) is 6.92 Å². The Morgan fingerprint density at radius 2 is 2.08 bits per heavy atom. The fraction of sp³-hybridized carbons (Fsp3) is 0.529. The minimum Gasteiger partial charge on any atom is -0.478 e. The third-order valence-electron chi connectivity index (χ3n) is 4.23. The van der Waals surface area contributed by atoms with Crippen LogP contribution in [0.3, 0.4) is 0 Å². The molecule has 1 aliphatic rings.